The second-order valence-electron chi connectivity index (χ2n) is 4.79. The Morgan fingerprint density at radius 1 is 1.47 bits per heavy atom. The van der Waals surface area contributed by atoms with E-state index in [0.717, 1.165) is 32.4 Å². The molecule has 1 saturated heterocycles. The summed E-state index contributed by atoms with van der Waals surface area (Å²) in [6.07, 6.45) is 4.12. The molecule has 1 saturated carbocycles. The summed E-state index contributed by atoms with van der Waals surface area (Å²) >= 11 is 0. The summed E-state index contributed by atoms with van der Waals surface area (Å²) in [6.45, 7) is 2.16. The van der Waals surface area contributed by atoms with E-state index in [4.69, 9.17) is 5.11 Å². The summed E-state index contributed by atoms with van der Waals surface area (Å²) in [7, 11) is 0. The van der Waals surface area contributed by atoms with Gasteiger partial charge in [-0.1, -0.05) is 0 Å². The first-order valence-electron chi connectivity index (χ1n) is 5.92. The molecule has 4 nitrogen and oxygen atoms in total. The van der Waals surface area contributed by atoms with E-state index in [9.17, 15) is 4.79 Å². The Morgan fingerprint density at radius 2 is 2.27 bits per heavy atom. The van der Waals surface area contributed by atoms with Gasteiger partial charge in [0.15, 0.2) is 0 Å². The first kappa shape index (κ1) is 10.9. The quantitative estimate of drug-likeness (QED) is 0.615. The molecule has 2 rings (SSSR count). The molecular formula is C11H20N2O2. The number of amides is 1. The minimum atomic E-state index is -0.186. The highest BCUT2D eigenvalue weighted by atomic mass is 16.3. The Hall–Kier alpha value is -0.610. The second kappa shape index (κ2) is 4.94. The van der Waals surface area contributed by atoms with Crippen molar-refractivity contribution in [2.24, 2.45) is 5.92 Å². The predicted molar refractivity (Wildman–Crippen MR) is 57.4 cm³/mol. The number of hydrogen-bond donors (Lipinski definition) is 3. The Labute approximate surface area is 90.4 Å². The van der Waals surface area contributed by atoms with Crippen molar-refractivity contribution in [3.8, 4) is 0 Å². The van der Waals surface area contributed by atoms with Crippen LogP contribution >= 0.6 is 0 Å². The van der Waals surface area contributed by atoms with Crippen LogP contribution in [0.5, 0.6) is 0 Å². The third-order valence-electron chi connectivity index (χ3n) is 3.42. The summed E-state index contributed by atoms with van der Waals surface area (Å²) in [4.78, 5) is 11.5. The first-order valence-corrected chi connectivity index (χ1v) is 5.92. The molecule has 2 fully saturated rings. The van der Waals surface area contributed by atoms with Gasteiger partial charge in [0, 0.05) is 12.5 Å². The Morgan fingerprint density at radius 3 is 2.87 bits per heavy atom. The van der Waals surface area contributed by atoms with Crippen molar-refractivity contribution in [2.45, 2.75) is 44.2 Å². The van der Waals surface area contributed by atoms with Crippen LogP contribution in [0.3, 0.4) is 0 Å². The molecule has 0 radical (unpaired) electrons. The third-order valence-corrected chi connectivity index (χ3v) is 3.42. The van der Waals surface area contributed by atoms with Crippen LogP contribution in [0.1, 0.15) is 32.1 Å². The highest BCUT2D eigenvalue weighted by molar-refractivity contribution is 5.76. The molecule has 0 spiro atoms. The summed E-state index contributed by atoms with van der Waals surface area (Å²) in [5.74, 6) is 0.835. The normalized spacial score (nSPS) is 34.9. The molecule has 1 unspecified atom stereocenters. The van der Waals surface area contributed by atoms with E-state index < -0.39 is 0 Å². The molecule has 4 heteroatoms. The number of aliphatic hydroxyl groups excluding tert-OH is 1. The molecular weight excluding hydrogens is 192 g/mol. The zero-order chi connectivity index (χ0) is 10.7. The van der Waals surface area contributed by atoms with E-state index in [0.29, 0.717) is 12.3 Å². The van der Waals surface area contributed by atoms with Gasteiger partial charge >= 0.3 is 0 Å². The van der Waals surface area contributed by atoms with Crippen LogP contribution in [0.4, 0.5) is 0 Å². The minimum Gasteiger partial charge on any atom is -0.393 e. The summed E-state index contributed by atoms with van der Waals surface area (Å²) in [5.41, 5.74) is 0. The van der Waals surface area contributed by atoms with Gasteiger partial charge in [0.1, 0.15) is 0 Å². The molecule has 1 heterocycles. The second-order valence-corrected chi connectivity index (χ2v) is 4.79. The highest BCUT2D eigenvalue weighted by Gasteiger charge is 2.28. The van der Waals surface area contributed by atoms with Crippen LogP contribution in [-0.2, 0) is 4.79 Å². The minimum absolute atomic E-state index is 0.152. The van der Waals surface area contributed by atoms with Crippen LogP contribution < -0.4 is 10.6 Å². The maximum absolute atomic E-state index is 11.5. The number of carbonyl (C=O) groups excluding carboxylic acids is 1. The van der Waals surface area contributed by atoms with Crippen molar-refractivity contribution in [1.82, 2.24) is 10.6 Å². The van der Waals surface area contributed by atoms with Crippen LogP contribution in [0.2, 0.25) is 0 Å². The number of carbonyl (C=O) groups is 1. The lowest BCUT2D eigenvalue weighted by Gasteiger charge is -2.32. The van der Waals surface area contributed by atoms with Gasteiger partial charge in [-0.2, -0.15) is 0 Å². The fraction of sp³-hybridized carbons (Fsp3) is 0.909. The van der Waals surface area contributed by atoms with Gasteiger partial charge in [-0.3, -0.25) is 4.79 Å². The van der Waals surface area contributed by atoms with E-state index >= 15 is 0 Å². The van der Waals surface area contributed by atoms with Crippen LogP contribution in [0.25, 0.3) is 0 Å². The number of aliphatic hydroxyl groups is 1. The lowest BCUT2D eigenvalue weighted by Crippen LogP contribution is -2.46. The SMILES string of the molecule is O=C(CCC1CCNC1)NC1CC(O)C1. The zero-order valence-electron chi connectivity index (χ0n) is 9.04. The topological polar surface area (TPSA) is 61.4 Å². The largest absolute Gasteiger partial charge is 0.393 e. The number of rotatable bonds is 4. The fourth-order valence-electron chi connectivity index (χ4n) is 2.30. The van der Waals surface area contributed by atoms with Crippen molar-refractivity contribution in [3.63, 3.8) is 0 Å². The average molecular weight is 212 g/mol. The summed E-state index contributed by atoms with van der Waals surface area (Å²) in [5, 5.41) is 15.3. The molecule has 86 valence electrons. The van der Waals surface area contributed by atoms with Crippen LogP contribution in [-0.4, -0.2) is 36.2 Å². The molecule has 1 aliphatic heterocycles. The highest BCUT2D eigenvalue weighted by Crippen LogP contribution is 2.20. The van der Waals surface area contributed by atoms with Crippen molar-refractivity contribution in [2.75, 3.05) is 13.1 Å². The molecule has 1 aliphatic carbocycles. The van der Waals surface area contributed by atoms with Crippen molar-refractivity contribution < 1.29 is 9.90 Å². The van der Waals surface area contributed by atoms with Crippen LogP contribution in [0, 0.1) is 5.92 Å². The van der Waals surface area contributed by atoms with Crippen molar-refractivity contribution in [1.29, 1.82) is 0 Å². The maximum atomic E-state index is 11.5. The number of hydrogen-bond acceptors (Lipinski definition) is 3. The van der Waals surface area contributed by atoms with E-state index in [-0.39, 0.29) is 18.1 Å². The molecule has 0 aromatic heterocycles. The Balaban J connectivity index is 1.56. The standard InChI is InChI=1S/C11H20N2O2/c14-10-5-9(6-10)13-11(15)2-1-8-3-4-12-7-8/h8-10,12,14H,1-7H2,(H,13,15). The molecule has 0 aromatic carbocycles. The Kier molecular flexibility index (Phi) is 3.59. The van der Waals surface area contributed by atoms with Gasteiger partial charge in [-0.25, -0.2) is 0 Å². The average Bonchev–Trinajstić information content (AvgIpc) is 2.65. The van der Waals surface area contributed by atoms with E-state index in [2.05, 4.69) is 10.6 Å². The van der Waals surface area contributed by atoms with E-state index in [1.807, 2.05) is 0 Å². The van der Waals surface area contributed by atoms with E-state index in [1.165, 1.54) is 6.42 Å². The molecule has 15 heavy (non-hydrogen) atoms. The molecule has 2 aliphatic rings. The van der Waals surface area contributed by atoms with Gasteiger partial charge in [0.05, 0.1) is 6.10 Å². The zero-order valence-corrected chi connectivity index (χ0v) is 9.04. The summed E-state index contributed by atoms with van der Waals surface area (Å²) in [6, 6.07) is 0.231. The molecule has 1 atom stereocenters. The number of nitrogens with one attached hydrogen (secondary N) is 2. The molecule has 3 N–H and O–H groups in total. The van der Waals surface area contributed by atoms with Gasteiger partial charge < -0.3 is 15.7 Å². The van der Waals surface area contributed by atoms with Crippen LogP contribution in [0.15, 0.2) is 0 Å². The van der Waals surface area contributed by atoms with Crippen molar-refractivity contribution in [3.05, 3.63) is 0 Å². The van der Waals surface area contributed by atoms with Gasteiger partial charge in [0.25, 0.3) is 0 Å². The lowest BCUT2D eigenvalue weighted by molar-refractivity contribution is -0.123. The maximum Gasteiger partial charge on any atom is 0.220 e. The third kappa shape index (κ3) is 3.18. The Bertz CT molecular complexity index is 221. The fourth-order valence-corrected chi connectivity index (χ4v) is 2.30. The molecule has 1 amide bonds. The smallest absolute Gasteiger partial charge is 0.220 e. The van der Waals surface area contributed by atoms with Crippen molar-refractivity contribution >= 4 is 5.91 Å². The van der Waals surface area contributed by atoms with E-state index in [1.54, 1.807) is 0 Å². The molecule has 0 bridgehead atoms. The predicted octanol–water partition coefficient (Wildman–Crippen LogP) is 0.0156. The monoisotopic (exact) mass is 212 g/mol. The summed E-state index contributed by atoms with van der Waals surface area (Å²) < 4.78 is 0. The first-order chi connectivity index (χ1) is 7.24. The van der Waals surface area contributed by atoms with Gasteiger partial charge in [0.2, 0.25) is 5.91 Å². The van der Waals surface area contributed by atoms with Gasteiger partial charge in [-0.15, -0.1) is 0 Å². The lowest BCUT2D eigenvalue weighted by atomic mass is 9.89. The van der Waals surface area contributed by atoms with Gasteiger partial charge in [-0.05, 0) is 44.7 Å². The molecule has 0 aromatic rings.